The van der Waals surface area contributed by atoms with Crippen molar-refractivity contribution in [2.45, 2.75) is 38.1 Å². The number of hydrogen-bond acceptors (Lipinski definition) is 5. The van der Waals surface area contributed by atoms with Gasteiger partial charge in [-0.1, -0.05) is 30.4 Å². The van der Waals surface area contributed by atoms with Crippen molar-refractivity contribution >= 4 is 23.0 Å². The maximum absolute atomic E-state index is 13.2. The van der Waals surface area contributed by atoms with E-state index >= 15 is 0 Å². The van der Waals surface area contributed by atoms with E-state index in [1.165, 1.54) is 16.9 Å². The van der Waals surface area contributed by atoms with E-state index in [4.69, 9.17) is 0 Å². The quantitative estimate of drug-likeness (QED) is 0.765. The molecule has 3 heterocycles. The largest absolute Gasteiger partial charge is 0.364 e. The molecular formula is C23H23N3O2S. The van der Waals surface area contributed by atoms with E-state index in [0.29, 0.717) is 10.7 Å². The molecule has 1 fully saturated rings. The van der Waals surface area contributed by atoms with E-state index in [9.17, 15) is 9.59 Å². The molecule has 6 heteroatoms. The van der Waals surface area contributed by atoms with Crippen molar-refractivity contribution < 1.29 is 9.59 Å². The molecule has 2 aliphatic carbocycles. The Morgan fingerprint density at radius 1 is 1.21 bits per heavy atom. The Hall–Kier alpha value is -2.73. The van der Waals surface area contributed by atoms with Gasteiger partial charge in [0, 0.05) is 35.3 Å². The van der Waals surface area contributed by atoms with Crippen LogP contribution in [0.3, 0.4) is 0 Å². The van der Waals surface area contributed by atoms with Crippen LogP contribution in [0.15, 0.2) is 64.9 Å². The monoisotopic (exact) mass is 405 g/mol. The molecule has 1 unspecified atom stereocenters. The minimum absolute atomic E-state index is 0.0574. The first-order chi connectivity index (χ1) is 14.2. The fourth-order valence-corrected chi connectivity index (χ4v) is 5.35. The van der Waals surface area contributed by atoms with Gasteiger partial charge in [0.05, 0.1) is 6.04 Å². The lowest BCUT2D eigenvalue weighted by Crippen LogP contribution is -2.37. The topological polar surface area (TPSA) is 62.3 Å². The molecule has 0 spiro atoms. The van der Waals surface area contributed by atoms with Gasteiger partial charge in [-0.15, -0.1) is 11.3 Å². The smallest absolute Gasteiger partial charge is 0.273 e. The molecule has 2 aliphatic heterocycles. The first kappa shape index (κ1) is 18.3. The summed E-state index contributed by atoms with van der Waals surface area (Å²) in [5, 5.41) is 5.33. The Kier molecular flexibility index (Phi) is 4.79. The molecule has 1 aromatic heterocycles. The van der Waals surface area contributed by atoms with E-state index in [1.807, 2.05) is 17.1 Å². The summed E-state index contributed by atoms with van der Waals surface area (Å²) in [4.78, 5) is 32.6. The Bertz CT molecular complexity index is 1010. The Morgan fingerprint density at radius 2 is 2.10 bits per heavy atom. The summed E-state index contributed by atoms with van der Waals surface area (Å²) in [5.74, 6) is -0.0638. The molecule has 0 saturated carbocycles. The van der Waals surface area contributed by atoms with Gasteiger partial charge in [0.1, 0.15) is 5.69 Å². The SMILES string of the molecule is O=C(C1=CNC2=CC=CCC21)c1nc(C(=O)N2CCC[C@H]2C2=CC=CCC2)cs1. The Morgan fingerprint density at radius 3 is 2.97 bits per heavy atom. The predicted octanol–water partition coefficient (Wildman–Crippen LogP) is 4.15. The molecule has 1 saturated heterocycles. The number of nitrogens with one attached hydrogen (secondary N) is 1. The highest BCUT2D eigenvalue weighted by Crippen LogP contribution is 2.34. The summed E-state index contributed by atoms with van der Waals surface area (Å²) >= 11 is 1.27. The summed E-state index contributed by atoms with van der Waals surface area (Å²) in [6.07, 6.45) is 19.1. The molecule has 2 atom stereocenters. The Balaban J connectivity index is 1.33. The highest BCUT2D eigenvalue weighted by atomic mass is 32.1. The lowest BCUT2D eigenvalue weighted by atomic mass is 9.90. The van der Waals surface area contributed by atoms with Crippen molar-refractivity contribution in [3.8, 4) is 0 Å². The summed E-state index contributed by atoms with van der Waals surface area (Å²) in [7, 11) is 0. The van der Waals surface area contributed by atoms with E-state index < -0.39 is 0 Å². The molecule has 1 amide bonds. The van der Waals surface area contributed by atoms with Crippen molar-refractivity contribution in [1.82, 2.24) is 15.2 Å². The molecule has 5 nitrogen and oxygen atoms in total. The van der Waals surface area contributed by atoms with Gasteiger partial charge in [-0.3, -0.25) is 9.59 Å². The molecule has 29 heavy (non-hydrogen) atoms. The number of carbonyl (C=O) groups is 2. The lowest BCUT2D eigenvalue weighted by Gasteiger charge is -2.27. The highest BCUT2D eigenvalue weighted by Gasteiger charge is 2.35. The summed E-state index contributed by atoms with van der Waals surface area (Å²) in [6, 6.07) is 0.164. The van der Waals surface area contributed by atoms with Crippen molar-refractivity contribution in [2.24, 2.45) is 5.92 Å². The number of nitrogens with zero attached hydrogens (tertiary/aromatic N) is 2. The number of rotatable bonds is 4. The van der Waals surface area contributed by atoms with Gasteiger partial charge in [-0.05, 0) is 43.8 Å². The molecule has 0 aromatic carbocycles. The zero-order chi connectivity index (χ0) is 19.8. The zero-order valence-corrected chi connectivity index (χ0v) is 17.0. The van der Waals surface area contributed by atoms with E-state index in [1.54, 1.807) is 11.6 Å². The second kappa shape index (κ2) is 7.59. The van der Waals surface area contributed by atoms with Crippen LogP contribution in [-0.2, 0) is 0 Å². The number of fused-ring (bicyclic) bond motifs is 1. The maximum Gasteiger partial charge on any atom is 0.273 e. The van der Waals surface area contributed by atoms with Gasteiger partial charge in [-0.25, -0.2) is 4.98 Å². The minimum atomic E-state index is -0.0802. The average molecular weight is 406 g/mol. The fraction of sp³-hybridized carbons (Fsp3) is 0.348. The molecule has 0 radical (unpaired) electrons. The molecule has 148 valence electrons. The van der Waals surface area contributed by atoms with Crippen LogP contribution in [-0.4, -0.2) is 34.2 Å². The number of amides is 1. The molecule has 1 aromatic rings. The zero-order valence-electron chi connectivity index (χ0n) is 16.1. The predicted molar refractivity (Wildman–Crippen MR) is 114 cm³/mol. The third kappa shape index (κ3) is 3.31. The van der Waals surface area contributed by atoms with Crippen LogP contribution in [0.4, 0.5) is 0 Å². The molecule has 5 rings (SSSR count). The summed E-state index contributed by atoms with van der Waals surface area (Å²) < 4.78 is 0. The number of aromatic nitrogens is 1. The second-order valence-electron chi connectivity index (χ2n) is 7.81. The van der Waals surface area contributed by atoms with Crippen molar-refractivity contribution in [1.29, 1.82) is 0 Å². The number of Topliss-reactive ketones (excluding diaryl/α,β-unsaturated/α-hetero) is 1. The van der Waals surface area contributed by atoms with E-state index in [2.05, 4.69) is 34.6 Å². The number of thiazole rings is 1. The first-order valence-corrected chi connectivity index (χ1v) is 11.1. The lowest BCUT2D eigenvalue weighted by molar-refractivity contribution is 0.0749. The normalized spacial score (nSPS) is 25.2. The van der Waals surface area contributed by atoms with E-state index in [0.717, 1.165) is 49.9 Å². The van der Waals surface area contributed by atoms with Gasteiger partial charge in [0.2, 0.25) is 5.78 Å². The highest BCUT2D eigenvalue weighted by molar-refractivity contribution is 7.12. The summed E-state index contributed by atoms with van der Waals surface area (Å²) in [5.41, 5.74) is 3.50. The standard InChI is InChI=1S/C23H23N3O2S/c27-21(17-13-24-18-10-5-4-9-16(17)18)22-25-19(14-29-22)23(28)26-12-6-11-20(26)15-7-2-1-3-8-15/h1-2,4-5,7,10,13-14,16,20,24H,3,6,8-9,11-12H2/t16?,20-/m0/s1. The minimum Gasteiger partial charge on any atom is -0.364 e. The molecular weight excluding hydrogens is 382 g/mol. The van der Waals surface area contributed by atoms with Crippen LogP contribution in [0, 0.1) is 5.92 Å². The van der Waals surface area contributed by atoms with Crippen molar-refractivity contribution in [3.05, 3.63) is 75.6 Å². The molecule has 0 bridgehead atoms. The fourth-order valence-electron chi connectivity index (χ4n) is 4.60. The number of hydrogen-bond donors (Lipinski definition) is 1. The van der Waals surface area contributed by atoms with Gasteiger partial charge in [0.15, 0.2) is 5.01 Å². The third-order valence-electron chi connectivity index (χ3n) is 6.10. The van der Waals surface area contributed by atoms with Crippen LogP contribution < -0.4 is 5.32 Å². The maximum atomic E-state index is 13.2. The first-order valence-electron chi connectivity index (χ1n) is 10.2. The third-order valence-corrected chi connectivity index (χ3v) is 6.94. The van der Waals surface area contributed by atoms with Crippen LogP contribution in [0.25, 0.3) is 0 Å². The van der Waals surface area contributed by atoms with Gasteiger partial charge in [0.25, 0.3) is 5.91 Å². The van der Waals surface area contributed by atoms with Crippen molar-refractivity contribution in [2.75, 3.05) is 6.54 Å². The van der Waals surface area contributed by atoms with Crippen LogP contribution in [0.2, 0.25) is 0 Å². The van der Waals surface area contributed by atoms with Crippen LogP contribution >= 0.6 is 11.3 Å². The van der Waals surface area contributed by atoms with Gasteiger partial charge in [-0.2, -0.15) is 0 Å². The number of carbonyl (C=O) groups excluding carboxylic acids is 2. The number of ketones is 1. The number of allylic oxidation sites excluding steroid dienone is 7. The molecule has 1 N–H and O–H groups in total. The van der Waals surface area contributed by atoms with Crippen LogP contribution in [0.1, 0.15) is 52.4 Å². The van der Waals surface area contributed by atoms with Gasteiger partial charge < -0.3 is 10.2 Å². The second-order valence-corrected chi connectivity index (χ2v) is 8.67. The molecule has 4 aliphatic rings. The van der Waals surface area contributed by atoms with Crippen molar-refractivity contribution in [3.63, 3.8) is 0 Å². The number of likely N-dealkylation sites (tertiary alicyclic amines) is 1. The van der Waals surface area contributed by atoms with Gasteiger partial charge >= 0.3 is 0 Å². The van der Waals surface area contributed by atoms with Crippen LogP contribution in [0.5, 0.6) is 0 Å². The Labute approximate surface area is 174 Å². The summed E-state index contributed by atoms with van der Waals surface area (Å²) in [6.45, 7) is 0.753. The average Bonchev–Trinajstić information content (AvgIpc) is 3.52. The van der Waals surface area contributed by atoms with E-state index in [-0.39, 0.29) is 23.7 Å².